The number of nitrogens with two attached hydrogens (primary N) is 1. The van der Waals surface area contributed by atoms with Crippen LogP contribution < -0.4 is 20.7 Å². The van der Waals surface area contributed by atoms with Gasteiger partial charge < -0.3 is 20.7 Å². The molecule has 1 aromatic heterocycles. The fraction of sp³-hybridized carbons (Fsp3) is 0.190. The lowest BCUT2D eigenvalue weighted by atomic mass is 10.0. The van der Waals surface area contributed by atoms with Gasteiger partial charge in [0, 0.05) is 30.5 Å². The number of fused-ring (bicyclic) bond motifs is 1. The van der Waals surface area contributed by atoms with Crippen LogP contribution in [0.25, 0.3) is 0 Å². The molecule has 3 N–H and O–H groups in total. The Morgan fingerprint density at radius 1 is 1.14 bits per heavy atom. The van der Waals surface area contributed by atoms with Crippen molar-refractivity contribution in [2.75, 3.05) is 17.2 Å². The maximum Gasteiger partial charge on any atom is 0.414 e. The predicted octanol–water partition coefficient (Wildman–Crippen LogP) is 3.43. The summed E-state index contributed by atoms with van der Waals surface area (Å²) in [4.78, 5) is 21.8. The van der Waals surface area contributed by atoms with Gasteiger partial charge in [0.15, 0.2) is 0 Å². The number of ether oxygens (including phenoxy) is 1. The second kappa shape index (κ2) is 7.96. The summed E-state index contributed by atoms with van der Waals surface area (Å²) in [7, 11) is 0. The molecule has 7 nitrogen and oxygen atoms in total. The number of aromatic nitrogens is 2. The van der Waals surface area contributed by atoms with Crippen LogP contribution in [-0.2, 0) is 13.0 Å². The molecule has 28 heavy (non-hydrogen) atoms. The zero-order valence-corrected chi connectivity index (χ0v) is 15.3. The molecule has 3 aromatic rings. The fourth-order valence-electron chi connectivity index (χ4n) is 3.31. The van der Waals surface area contributed by atoms with Crippen molar-refractivity contribution in [3.8, 4) is 5.88 Å². The van der Waals surface area contributed by atoms with E-state index in [2.05, 4.69) is 56.6 Å². The van der Waals surface area contributed by atoms with Crippen LogP contribution in [0.1, 0.15) is 17.5 Å². The minimum absolute atomic E-state index is 0.115. The van der Waals surface area contributed by atoms with Crippen LogP contribution in [0.4, 0.5) is 22.0 Å². The number of aryl methyl sites for hydroxylation is 1. The highest BCUT2D eigenvalue weighted by Crippen LogP contribution is 2.33. The number of anilines is 3. The molecule has 0 saturated carbocycles. The number of nitrogen functional groups attached to an aromatic ring is 1. The van der Waals surface area contributed by atoms with Crippen molar-refractivity contribution in [1.82, 2.24) is 15.3 Å². The van der Waals surface area contributed by atoms with Gasteiger partial charge in [0.1, 0.15) is 12.1 Å². The predicted molar refractivity (Wildman–Crippen MR) is 108 cm³/mol. The molecule has 0 fully saturated rings. The van der Waals surface area contributed by atoms with Gasteiger partial charge in [0.25, 0.3) is 0 Å². The molecular weight excluding hydrogens is 354 g/mol. The van der Waals surface area contributed by atoms with Crippen molar-refractivity contribution in [2.45, 2.75) is 19.4 Å². The SMILES string of the molecule is Nc1cc(OC(=O)NCc2ccc(N3CCCc4ccccc43)cc2)ncn1. The van der Waals surface area contributed by atoms with Crippen LogP contribution in [-0.4, -0.2) is 22.6 Å². The molecule has 142 valence electrons. The Bertz CT molecular complexity index is 975. The van der Waals surface area contributed by atoms with Gasteiger partial charge in [-0.25, -0.2) is 14.8 Å². The zero-order valence-electron chi connectivity index (χ0n) is 15.3. The number of nitrogens with one attached hydrogen (secondary N) is 1. The average Bonchev–Trinajstić information content (AvgIpc) is 2.72. The Morgan fingerprint density at radius 3 is 2.79 bits per heavy atom. The van der Waals surface area contributed by atoms with Gasteiger partial charge in [-0.2, -0.15) is 0 Å². The molecule has 2 aromatic carbocycles. The summed E-state index contributed by atoms with van der Waals surface area (Å²) in [5.74, 6) is 0.358. The summed E-state index contributed by atoms with van der Waals surface area (Å²) < 4.78 is 5.09. The average molecular weight is 375 g/mol. The van der Waals surface area contributed by atoms with E-state index in [0.717, 1.165) is 30.6 Å². The van der Waals surface area contributed by atoms with E-state index in [0.29, 0.717) is 6.54 Å². The third kappa shape index (κ3) is 4.03. The minimum Gasteiger partial charge on any atom is -0.391 e. The number of para-hydroxylation sites is 1. The summed E-state index contributed by atoms with van der Waals surface area (Å²) in [6, 6.07) is 18.1. The molecule has 0 radical (unpaired) electrons. The molecule has 1 aliphatic heterocycles. The monoisotopic (exact) mass is 375 g/mol. The number of amides is 1. The second-order valence-electron chi connectivity index (χ2n) is 6.57. The van der Waals surface area contributed by atoms with Crippen LogP contribution in [0.3, 0.4) is 0 Å². The first-order valence-electron chi connectivity index (χ1n) is 9.16. The topological polar surface area (TPSA) is 93.4 Å². The Kier molecular flexibility index (Phi) is 5.05. The summed E-state index contributed by atoms with van der Waals surface area (Å²) in [6.45, 7) is 1.36. The molecule has 1 amide bonds. The Balaban J connectivity index is 1.37. The lowest BCUT2D eigenvalue weighted by Crippen LogP contribution is -2.27. The minimum atomic E-state index is -0.591. The quantitative estimate of drug-likeness (QED) is 0.726. The molecule has 4 rings (SSSR count). The summed E-state index contributed by atoms with van der Waals surface area (Å²) in [5, 5.41) is 2.71. The van der Waals surface area contributed by atoms with E-state index < -0.39 is 6.09 Å². The Hall–Kier alpha value is -3.61. The highest BCUT2D eigenvalue weighted by Gasteiger charge is 2.17. The van der Waals surface area contributed by atoms with Gasteiger partial charge in [-0.3, -0.25) is 0 Å². The van der Waals surface area contributed by atoms with E-state index in [1.807, 2.05) is 12.1 Å². The van der Waals surface area contributed by atoms with Crippen LogP contribution in [0, 0.1) is 0 Å². The molecule has 0 spiro atoms. The third-order valence-electron chi connectivity index (χ3n) is 4.66. The summed E-state index contributed by atoms with van der Waals surface area (Å²) in [5.41, 5.74) is 10.3. The molecule has 0 bridgehead atoms. The van der Waals surface area contributed by atoms with Gasteiger partial charge >= 0.3 is 6.09 Å². The maximum atomic E-state index is 11.9. The van der Waals surface area contributed by atoms with Crippen molar-refractivity contribution in [2.24, 2.45) is 0 Å². The first-order valence-corrected chi connectivity index (χ1v) is 9.16. The number of benzene rings is 2. The Labute approximate surface area is 163 Å². The van der Waals surface area contributed by atoms with E-state index in [1.165, 1.54) is 23.6 Å². The number of nitrogens with zero attached hydrogens (tertiary/aromatic N) is 3. The first-order chi connectivity index (χ1) is 13.7. The van der Waals surface area contributed by atoms with Crippen molar-refractivity contribution < 1.29 is 9.53 Å². The van der Waals surface area contributed by atoms with Crippen molar-refractivity contribution in [3.63, 3.8) is 0 Å². The van der Waals surface area contributed by atoms with E-state index in [-0.39, 0.29) is 11.7 Å². The number of hydrogen-bond acceptors (Lipinski definition) is 6. The second-order valence-corrected chi connectivity index (χ2v) is 6.57. The van der Waals surface area contributed by atoms with Crippen LogP contribution in [0.2, 0.25) is 0 Å². The number of rotatable bonds is 4. The zero-order chi connectivity index (χ0) is 19.3. The maximum absolute atomic E-state index is 11.9. The van der Waals surface area contributed by atoms with E-state index in [1.54, 1.807) is 0 Å². The molecule has 0 atom stereocenters. The van der Waals surface area contributed by atoms with Gasteiger partial charge in [0.2, 0.25) is 5.88 Å². The van der Waals surface area contributed by atoms with E-state index >= 15 is 0 Å². The molecule has 0 saturated heterocycles. The normalized spacial score (nSPS) is 12.9. The smallest absolute Gasteiger partial charge is 0.391 e. The molecule has 7 heteroatoms. The molecule has 2 heterocycles. The first kappa shape index (κ1) is 17.8. The van der Waals surface area contributed by atoms with Crippen LogP contribution >= 0.6 is 0 Å². The molecule has 0 aliphatic carbocycles. The lowest BCUT2D eigenvalue weighted by molar-refractivity contribution is 0.198. The van der Waals surface area contributed by atoms with Gasteiger partial charge in [0.05, 0.1) is 0 Å². The molecule has 0 unspecified atom stereocenters. The van der Waals surface area contributed by atoms with Gasteiger partial charge in [-0.15, -0.1) is 0 Å². The van der Waals surface area contributed by atoms with Crippen molar-refractivity contribution >= 4 is 23.3 Å². The molecule has 1 aliphatic rings. The van der Waals surface area contributed by atoms with Gasteiger partial charge in [-0.05, 0) is 42.2 Å². The van der Waals surface area contributed by atoms with Crippen LogP contribution in [0.5, 0.6) is 5.88 Å². The van der Waals surface area contributed by atoms with Gasteiger partial charge in [-0.1, -0.05) is 30.3 Å². The molecular formula is C21H21N5O2. The highest BCUT2D eigenvalue weighted by molar-refractivity contribution is 5.70. The largest absolute Gasteiger partial charge is 0.414 e. The van der Waals surface area contributed by atoms with Crippen molar-refractivity contribution in [1.29, 1.82) is 0 Å². The lowest BCUT2D eigenvalue weighted by Gasteiger charge is -2.31. The summed E-state index contributed by atoms with van der Waals surface area (Å²) >= 11 is 0. The number of hydrogen-bond donors (Lipinski definition) is 2. The van der Waals surface area contributed by atoms with E-state index in [4.69, 9.17) is 10.5 Å². The standard InChI is InChI=1S/C21H21N5O2/c22-19-12-20(25-14-24-19)28-21(27)23-13-15-7-9-17(10-8-15)26-11-3-5-16-4-1-2-6-18(16)26/h1-2,4,6-10,12,14H,3,5,11,13H2,(H,23,27)(H2,22,24,25). The fourth-order valence-corrected chi connectivity index (χ4v) is 3.31. The number of carbonyl (C=O) groups excluding carboxylic acids is 1. The third-order valence-corrected chi connectivity index (χ3v) is 4.66. The van der Waals surface area contributed by atoms with E-state index in [9.17, 15) is 4.79 Å². The van der Waals surface area contributed by atoms with Crippen LogP contribution in [0.15, 0.2) is 60.9 Å². The van der Waals surface area contributed by atoms with Crippen molar-refractivity contribution in [3.05, 3.63) is 72.1 Å². The Morgan fingerprint density at radius 2 is 1.96 bits per heavy atom. The summed E-state index contributed by atoms with van der Waals surface area (Å²) in [6.07, 6.45) is 2.91. The number of carbonyl (C=O) groups is 1. The highest BCUT2D eigenvalue weighted by atomic mass is 16.6.